The fourth-order valence-corrected chi connectivity index (χ4v) is 18.5. The van der Waals surface area contributed by atoms with Crippen molar-refractivity contribution in [2.75, 3.05) is 26.2 Å². The summed E-state index contributed by atoms with van der Waals surface area (Å²) in [6, 6.07) is 36.4. The van der Waals surface area contributed by atoms with Gasteiger partial charge in [0.05, 0.1) is 22.2 Å². The van der Waals surface area contributed by atoms with Crippen LogP contribution < -0.4 is 18.9 Å². The summed E-state index contributed by atoms with van der Waals surface area (Å²) in [5.41, 5.74) is 0.486. The first-order valence-corrected chi connectivity index (χ1v) is 44.0. The molecule has 5 aromatic rings. The largest absolute Gasteiger partial charge is 0.489 e. The van der Waals surface area contributed by atoms with Gasteiger partial charge in [-0.2, -0.15) is 20.3 Å². The van der Waals surface area contributed by atoms with Crippen LogP contribution in [0.3, 0.4) is 0 Å². The molecule has 118 heavy (non-hydrogen) atoms. The number of carbonyl (C=O) groups excluding carboxylic acids is 4. The summed E-state index contributed by atoms with van der Waals surface area (Å²) in [6.07, 6.45) is 3.21. The maximum absolute atomic E-state index is 14.6. The molecule has 0 spiro atoms. The van der Waals surface area contributed by atoms with Crippen LogP contribution in [0.25, 0.3) is 0 Å². The van der Waals surface area contributed by atoms with Crippen molar-refractivity contribution < 1.29 is 57.5 Å². The number of hydrogen-bond acceptors (Lipinski definition) is 16. The molecule has 4 aliphatic rings. The summed E-state index contributed by atoms with van der Waals surface area (Å²) in [5.74, 6) is 2.96. The minimum absolute atomic E-state index is 0.0880. The zero-order valence-corrected chi connectivity index (χ0v) is 78.5. The molecule has 0 aromatic heterocycles. The molecular formula is C98H150N8O12. The van der Waals surface area contributed by atoms with Crippen LogP contribution in [0, 0.1) is 0 Å². The Morgan fingerprint density at radius 2 is 0.432 bits per heavy atom. The third kappa shape index (κ3) is 19.2. The summed E-state index contributed by atoms with van der Waals surface area (Å²) in [7, 11) is 0. The quantitative estimate of drug-likeness (QED) is 0.0398. The monoisotopic (exact) mass is 1630 g/mol. The van der Waals surface area contributed by atoms with E-state index in [1.54, 1.807) is 0 Å². The molecule has 0 N–H and O–H groups in total. The molecule has 4 aliphatic heterocycles. The molecule has 4 amide bonds. The van der Waals surface area contributed by atoms with Gasteiger partial charge < -0.3 is 38.5 Å². The predicted octanol–water partition coefficient (Wildman–Crippen LogP) is 21.1. The highest BCUT2D eigenvalue weighted by atomic mass is 16.7. The molecule has 20 nitrogen and oxygen atoms in total. The zero-order chi connectivity index (χ0) is 87.9. The SMILES string of the molecule is CCC1(CC)C(=O)N(C(C)(C)C)CC(C)(C)N1OC(C)c1ccc(OCc2cc(COc3ccc(C(C)ON4C(C)(C)CN(C(C)(C)C)C(=O)C4(CC)CC)cc3)c(COc3ccc(C(C)ON4C(C)(C)CN(C(C)(C)C)C(=O)C4(CC)CC)cc3)cc2COc2ccc(C(C)ON3C(C)(C)CN(C(C)(C)C)C(=O)C3(CC)CC)cc2)cc1. The number of hydroxylamine groups is 8. The number of nitrogens with zero attached hydrogens (tertiary/aromatic N) is 8. The lowest BCUT2D eigenvalue weighted by Gasteiger charge is -2.59. The first kappa shape index (κ1) is 94.7. The third-order valence-corrected chi connectivity index (χ3v) is 26.0. The van der Waals surface area contributed by atoms with Gasteiger partial charge in [-0.15, -0.1) is 0 Å². The van der Waals surface area contributed by atoms with Crippen LogP contribution in [0.5, 0.6) is 23.0 Å². The molecular weight excluding hydrogens is 1480 g/mol. The Labute approximate surface area is 710 Å². The smallest absolute Gasteiger partial charge is 0.245 e. The van der Waals surface area contributed by atoms with Crippen molar-refractivity contribution in [3.8, 4) is 23.0 Å². The van der Waals surface area contributed by atoms with Crippen LogP contribution >= 0.6 is 0 Å². The van der Waals surface area contributed by atoms with Crippen molar-refractivity contribution in [1.82, 2.24) is 39.9 Å². The summed E-state index contributed by atoms with van der Waals surface area (Å²) in [4.78, 5) is 94.4. The minimum atomic E-state index is -0.846. The van der Waals surface area contributed by atoms with Crippen LogP contribution in [-0.2, 0) is 65.0 Å². The molecule has 4 saturated heterocycles. The first-order chi connectivity index (χ1) is 54.8. The number of ether oxygens (including phenoxy) is 4. The highest BCUT2D eigenvalue weighted by Gasteiger charge is 2.62. The number of hydrogen-bond donors (Lipinski definition) is 0. The highest BCUT2D eigenvalue weighted by Crippen LogP contribution is 2.49. The molecule has 9 rings (SSSR count). The van der Waals surface area contributed by atoms with Gasteiger partial charge in [0.2, 0.25) is 23.6 Å². The molecule has 4 unspecified atom stereocenters. The van der Waals surface area contributed by atoms with Gasteiger partial charge in [-0.3, -0.25) is 38.5 Å². The Balaban J connectivity index is 1.05. The van der Waals surface area contributed by atoms with Gasteiger partial charge in [-0.25, -0.2) is 0 Å². The van der Waals surface area contributed by atoms with Crippen LogP contribution in [0.15, 0.2) is 109 Å². The number of piperazine rings is 4. The number of amides is 4. The molecule has 0 saturated carbocycles. The van der Waals surface area contributed by atoms with Gasteiger partial charge in [0, 0.05) is 48.3 Å². The van der Waals surface area contributed by atoms with Crippen LogP contribution in [0.1, 0.15) is 342 Å². The van der Waals surface area contributed by atoms with Gasteiger partial charge in [-0.05, 0) is 323 Å². The van der Waals surface area contributed by atoms with Crippen molar-refractivity contribution in [1.29, 1.82) is 0 Å². The van der Waals surface area contributed by atoms with E-state index in [9.17, 15) is 19.2 Å². The van der Waals surface area contributed by atoms with E-state index in [1.807, 2.05) is 165 Å². The maximum atomic E-state index is 14.6. The molecule has 5 aromatic carbocycles. The zero-order valence-electron chi connectivity index (χ0n) is 78.5. The predicted molar refractivity (Wildman–Crippen MR) is 470 cm³/mol. The molecule has 4 fully saturated rings. The normalized spacial score (nSPS) is 20.9. The fraction of sp³-hybridized carbons (Fsp3) is 0.653. The minimum Gasteiger partial charge on any atom is -0.489 e. The van der Waals surface area contributed by atoms with Gasteiger partial charge in [0.1, 0.15) is 96.0 Å². The summed E-state index contributed by atoms with van der Waals surface area (Å²) in [6.45, 7) is 70.1. The Morgan fingerprint density at radius 3 is 0.568 bits per heavy atom. The van der Waals surface area contributed by atoms with E-state index in [2.05, 4.69) is 206 Å². The number of rotatable bonds is 32. The third-order valence-electron chi connectivity index (χ3n) is 26.0. The highest BCUT2D eigenvalue weighted by molar-refractivity contribution is 5.90. The van der Waals surface area contributed by atoms with E-state index in [0.29, 0.717) is 101 Å². The average molecular weight is 1630 g/mol. The van der Waals surface area contributed by atoms with E-state index in [1.165, 1.54) is 0 Å². The van der Waals surface area contributed by atoms with E-state index in [0.717, 1.165) is 44.5 Å². The molecule has 20 heteroatoms. The van der Waals surface area contributed by atoms with E-state index >= 15 is 0 Å². The van der Waals surface area contributed by atoms with Gasteiger partial charge in [0.15, 0.2) is 0 Å². The Hall–Kier alpha value is -7.14. The van der Waals surface area contributed by atoms with Crippen molar-refractivity contribution in [3.05, 3.63) is 154 Å². The average Bonchev–Trinajstić information content (AvgIpc) is 0.744. The number of benzene rings is 5. The Morgan fingerprint density at radius 1 is 0.280 bits per heavy atom. The topological polar surface area (TPSA) is 168 Å². The molecule has 0 radical (unpaired) electrons. The lowest BCUT2D eigenvalue weighted by atomic mass is 9.80. The molecule has 654 valence electrons. The second kappa shape index (κ2) is 35.7. The van der Waals surface area contributed by atoms with Crippen molar-refractivity contribution in [2.45, 2.75) is 390 Å². The van der Waals surface area contributed by atoms with E-state index in [4.69, 9.17) is 38.3 Å². The number of carbonyl (C=O) groups is 4. The van der Waals surface area contributed by atoms with Crippen molar-refractivity contribution in [3.63, 3.8) is 0 Å². The summed E-state index contributed by atoms with van der Waals surface area (Å²) < 4.78 is 27.4. The lowest BCUT2D eigenvalue weighted by Crippen LogP contribution is -2.75. The van der Waals surface area contributed by atoms with Crippen LogP contribution in [-0.4, -0.2) is 156 Å². The van der Waals surface area contributed by atoms with Crippen molar-refractivity contribution in [2.24, 2.45) is 0 Å². The second-order valence-electron chi connectivity index (χ2n) is 40.4. The van der Waals surface area contributed by atoms with E-state index < -0.39 is 68.7 Å². The second-order valence-corrected chi connectivity index (χ2v) is 40.4. The van der Waals surface area contributed by atoms with Gasteiger partial charge in [-0.1, -0.05) is 104 Å². The Kier molecular flexibility index (Phi) is 28.7. The molecule has 4 atom stereocenters. The van der Waals surface area contributed by atoms with Crippen molar-refractivity contribution >= 4 is 23.6 Å². The van der Waals surface area contributed by atoms with Gasteiger partial charge >= 0.3 is 0 Å². The molecule has 0 bridgehead atoms. The summed E-state index contributed by atoms with van der Waals surface area (Å²) >= 11 is 0. The molecule has 4 heterocycles. The Bertz CT molecular complexity index is 3690. The van der Waals surface area contributed by atoms with Crippen LogP contribution in [0.2, 0.25) is 0 Å². The first-order valence-electron chi connectivity index (χ1n) is 44.0. The molecule has 0 aliphatic carbocycles. The standard InChI is InChI=1S/C98H150N8O12/c1-33-95(34-2)83(107)99(87(13,14)15)63-91(25,26)103(95)115-67(9)71-41-49-79(50-42-71)111-59-75-57-77(61-113-81-53-45-73(46-54-81)69(11)117-105-93(29,30)65-101(89(19,20)21)85(109)97(105,37-5)38-6)78(62-114-82-55-47-74(48-56-82)70(12)118-106-94(31,32)66-102(90(22,23)24)86(110)98(106,39-7)40-8)58-76(75)60-112-80-51-43-72(44-52-80)68(10)116-104-92(27,28)64-100(88(16,17)18)84(108)96(104,35-3)36-4/h41-58,67-70H,33-40,59-66H2,1-32H3. The van der Waals surface area contributed by atoms with Crippen LogP contribution in [0.4, 0.5) is 0 Å². The van der Waals surface area contributed by atoms with E-state index in [-0.39, 0.29) is 72.2 Å². The van der Waals surface area contributed by atoms with Gasteiger partial charge in [0.25, 0.3) is 0 Å². The lowest BCUT2D eigenvalue weighted by molar-refractivity contribution is -0.311. The fourth-order valence-electron chi connectivity index (χ4n) is 18.5. The maximum Gasteiger partial charge on any atom is 0.245 e. The summed E-state index contributed by atoms with van der Waals surface area (Å²) in [5, 5.41) is 8.00.